The van der Waals surface area contributed by atoms with Gasteiger partial charge in [0.05, 0.1) is 11.4 Å². The molecule has 0 spiro atoms. The van der Waals surface area contributed by atoms with E-state index < -0.39 is 16.1 Å². The lowest BCUT2D eigenvalue weighted by Gasteiger charge is -2.25. The second-order valence-corrected chi connectivity index (χ2v) is 8.57. The van der Waals surface area contributed by atoms with Crippen molar-refractivity contribution in [2.24, 2.45) is 0 Å². The monoisotopic (exact) mass is 444 g/mol. The Balaban J connectivity index is 2.05. The van der Waals surface area contributed by atoms with Crippen molar-refractivity contribution in [3.8, 4) is 5.75 Å². The summed E-state index contributed by atoms with van der Waals surface area (Å²) in [7, 11) is -3.96. The third-order valence-corrected chi connectivity index (χ3v) is 5.91. The Morgan fingerprint density at radius 3 is 2.68 bits per heavy atom. The Labute approximate surface area is 158 Å². The van der Waals surface area contributed by atoms with Crippen molar-refractivity contribution < 1.29 is 17.9 Å². The number of hydrogen-bond donors (Lipinski definition) is 2. The molecule has 2 aromatic carbocycles. The first-order chi connectivity index (χ1) is 11.7. The van der Waals surface area contributed by atoms with Gasteiger partial charge in [0.25, 0.3) is 15.9 Å². The van der Waals surface area contributed by atoms with Gasteiger partial charge in [-0.2, -0.15) is 0 Å². The summed E-state index contributed by atoms with van der Waals surface area (Å²) in [4.78, 5) is 11.7. The summed E-state index contributed by atoms with van der Waals surface area (Å²) in [5.74, 6) is -0.242. The molecule has 3 rings (SSSR count). The van der Waals surface area contributed by atoms with Crippen LogP contribution in [0.4, 0.5) is 11.4 Å². The Hall–Kier alpha value is -1.77. The van der Waals surface area contributed by atoms with Crippen LogP contribution < -0.4 is 14.8 Å². The number of carbonyl (C=O) groups is 1. The molecule has 1 unspecified atom stereocenters. The highest BCUT2D eigenvalue weighted by molar-refractivity contribution is 9.10. The summed E-state index contributed by atoms with van der Waals surface area (Å²) >= 11 is 9.31. The quantitative estimate of drug-likeness (QED) is 0.750. The highest BCUT2D eigenvalue weighted by Gasteiger charge is 2.31. The van der Waals surface area contributed by atoms with E-state index in [1.807, 2.05) is 6.92 Å². The normalized spacial score (nSPS) is 16.6. The molecule has 2 aromatic rings. The molecule has 0 bridgehead atoms. The summed E-state index contributed by atoms with van der Waals surface area (Å²) in [5.41, 5.74) is 1.46. The zero-order valence-electron chi connectivity index (χ0n) is 13.3. The smallest absolute Gasteiger partial charge is 0.265 e. The molecule has 1 amide bonds. The minimum absolute atomic E-state index is 0.0829. The van der Waals surface area contributed by atoms with E-state index in [1.54, 1.807) is 25.1 Å². The van der Waals surface area contributed by atoms with E-state index in [1.165, 1.54) is 12.1 Å². The van der Waals surface area contributed by atoms with Crippen molar-refractivity contribution in [3.63, 3.8) is 0 Å². The number of ether oxygens (including phenoxy) is 1. The van der Waals surface area contributed by atoms with Gasteiger partial charge in [0, 0.05) is 9.50 Å². The molecular formula is C16H14BrClN2O4S. The number of hydrogen-bond acceptors (Lipinski definition) is 4. The predicted molar refractivity (Wildman–Crippen MR) is 99.9 cm³/mol. The molecule has 6 nitrogen and oxygen atoms in total. The SMILES string of the molecule is Cc1ccc(NS(=O)(=O)c2cc(Br)cc3c2OC(C)C(=O)N3)cc1Cl. The van der Waals surface area contributed by atoms with Gasteiger partial charge in [-0.3, -0.25) is 9.52 Å². The molecule has 1 aliphatic heterocycles. The van der Waals surface area contributed by atoms with Crippen LogP contribution in [0.3, 0.4) is 0 Å². The summed E-state index contributed by atoms with van der Waals surface area (Å²) in [6.45, 7) is 3.37. The molecule has 0 saturated carbocycles. The maximum atomic E-state index is 12.8. The van der Waals surface area contributed by atoms with E-state index in [4.69, 9.17) is 16.3 Å². The second-order valence-electron chi connectivity index (χ2n) is 5.60. The zero-order chi connectivity index (χ0) is 18.4. The number of sulfonamides is 1. The number of halogens is 2. The number of anilines is 2. The van der Waals surface area contributed by atoms with Crippen molar-refractivity contribution in [1.29, 1.82) is 0 Å². The minimum Gasteiger partial charge on any atom is -0.477 e. The standard InChI is InChI=1S/C16H14BrClN2O4S/c1-8-3-4-11(7-12(8)18)20-25(22,23)14-6-10(17)5-13-15(14)24-9(2)16(21)19-13/h3-7,9,20H,1-2H3,(H,19,21). The van der Waals surface area contributed by atoms with Crippen LogP contribution in [0.25, 0.3) is 0 Å². The molecule has 1 atom stereocenters. The summed E-state index contributed by atoms with van der Waals surface area (Å²) < 4.78 is 34.2. The molecule has 25 heavy (non-hydrogen) atoms. The minimum atomic E-state index is -3.96. The summed E-state index contributed by atoms with van der Waals surface area (Å²) in [6.07, 6.45) is -0.795. The van der Waals surface area contributed by atoms with Crippen LogP contribution in [-0.4, -0.2) is 20.4 Å². The van der Waals surface area contributed by atoms with Crippen LogP contribution in [0.2, 0.25) is 5.02 Å². The Morgan fingerprint density at radius 2 is 2.00 bits per heavy atom. The molecule has 0 aromatic heterocycles. The van der Waals surface area contributed by atoms with Crippen molar-refractivity contribution >= 4 is 54.8 Å². The first kappa shape index (κ1) is 18.0. The third-order valence-electron chi connectivity index (χ3n) is 3.65. The average Bonchev–Trinajstić information content (AvgIpc) is 2.51. The van der Waals surface area contributed by atoms with Gasteiger partial charge in [0.1, 0.15) is 4.90 Å². The molecule has 0 saturated heterocycles. The van der Waals surface area contributed by atoms with Crippen LogP contribution in [0.5, 0.6) is 5.75 Å². The van der Waals surface area contributed by atoms with E-state index in [-0.39, 0.29) is 16.6 Å². The largest absolute Gasteiger partial charge is 0.477 e. The fourth-order valence-corrected chi connectivity index (χ4v) is 4.34. The number of fused-ring (bicyclic) bond motifs is 1. The number of carbonyl (C=O) groups excluding carboxylic acids is 1. The lowest BCUT2D eigenvalue weighted by atomic mass is 10.2. The Bertz CT molecular complexity index is 978. The fourth-order valence-electron chi connectivity index (χ4n) is 2.31. The van der Waals surface area contributed by atoms with Crippen molar-refractivity contribution in [2.45, 2.75) is 24.8 Å². The van der Waals surface area contributed by atoms with E-state index in [0.717, 1.165) is 5.56 Å². The maximum Gasteiger partial charge on any atom is 0.265 e. The molecule has 2 N–H and O–H groups in total. The van der Waals surface area contributed by atoms with Gasteiger partial charge in [0.2, 0.25) is 0 Å². The highest BCUT2D eigenvalue weighted by Crippen LogP contribution is 2.39. The molecule has 1 heterocycles. The van der Waals surface area contributed by atoms with Crippen LogP contribution in [-0.2, 0) is 14.8 Å². The van der Waals surface area contributed by atoms with E-state index >= 15 is 0 Å². The van der Waals surface area contributed by atoms with Crippen LogP contribution in [0.1, 0.15) is 12.5 Å². The number of nitrogens with one attached hydrogen (secondary N) is 2. The van der Waals surface area contributed by atoms with Gasteiger partial charge in [-0.05, 0) is 43.7 Å². The molecule has 132 valence electrons. The fraction of sp³-hybridized carbons (Fsp3) is 0.188. The van der Waals surface area contributed by atoms with Crippen LogP contribution >= 0.6 is 27.5 Å². The first-order valence-electron chi connectivity index (χ1n) is 7.27. The number of benzene rings is 2. The molecule has 0 aliphatic carbocycles. The number of amides is 1. The van der Waals surface area contributed by atoms with E-state index in [9.17, 15) is 13.2 Å². The third kappa shape index (κ3) is 3.61. The van der Waals surface area contributed by atoms with Gasteiger partial charge in [-0.25, -0.2) is 8.42 Å². The predicted octanol–water partition coefficient (Wildman–Crippen LogP) is 3.93. The Kier molecular flexibility index (Phi) is 4.70. The number of rotatable bonds is 3. The van der Waals surface area contributed by atoms with Crippen molar-refractivity contribution in [2.75, 3.05) is 10.0 Å². The van der Waals surface area contributed by atoms with Crippen molar-refractivity contribution in [3.05, 3.63) is 45.4 Å². The van der Waals surface area contributed by atoms with Gasteiger partial charge >= 0.3 is 0 Å². The summed E-state index contributed by atoms with van der Waals surface area (Å²) in [5, 5.41) is 3.09. The van der Waals surface area contributed by atoms with Gasteiger partial charge in [0.15, 0.2) is 11.9 Å². The van der Waals surface area contributed by atoms with Gasteiger partial charge < -0.3 is 10.1 Å². The molecular weight excluding hydrogens is 432 g/mol. The molecule has 0 fully saturated rings. The zero-order valence-corrected chi connectivity index (χ0v) is 16.4. The van der Waals surface area contributed by atoms with E-state index in [2.05, 4.69) is 26.0 Å². The maximum absolute atomic E-state index is 12.8. The number of aryl methyl sites for hydroxylation is 1. The van der Waals surface area contributed by atoms with Gasteiger partial charge in [-0.15, -0.1) is 0 Å². The van der Waals surface area contributed by atoms with Crippen LogP contribution in [0.15, 0.2) is 39.7 Å². The van der Waals surface area contributed by atoms with Crippen LogP contribution in [0, 0.1) is 6.92 Å². The highest BCUT2D eigenvalue weighted by atomic mass is 79.9. The lowest BCUT2D eigenvalue weighted by Crippen LogP contribution is -2.35. The topological polar surface area (TPSA) is 84.5 Å². The average molecular weight is 446 g/mol. The second kappa shape index (κ2) is 6.51. The summed E-state index contributed by atoms with van der Waals surface area (Å²) in [6, 6.07) is 7.87. The lowest BCUT2D eigenvalue weighted by molar-refractivity contribution is -0.122. The Morgan fingerprint density at radius 1 is 1.28 bits per heavy atom. The van der Waals surface area contributed by atoms with E-state index in [0.29, 0.717) is 20.9 Å². The van der Waals surface area contributed by atoms with Crippen molar-refractivity contribution in [1.82, 2.24) is 0 Å². The first-order valence-corrected chi connectivity index (χ1v) is 9.93. The molecule has 1 aliphatic rings. The molecule has 9 heteroatoms. The molecule has 0 radical (unpaired) electrons. The van der Waals surface area contributed by atoms with Gasteiger partial charge in [-0.1, -0.05) is 33.6 Å².